The summed E-state index contributed by atoms with van der Waals surface area (Å²) >= 11 is 8.07. The summed E-state index contributed by atoms with van der Waals surface area (Å²) in [6.45, 7) is 2.32. The number of amides is 2. The summed E-state index contributed by atoms with van der Waals surface area (Å²) < 4.78 is 15.5. The molecule has 3 aromatic carbocycles. The van der Waals surface area contributed by atoms with E-state index in [2.05, 4.69) is 5.32 Å². The van der Waals surface area contributed by atoms with E-state index in [4.69, 9.17) is 16.7 Å². The fraction of sp³-hybridized carbons (Fsp3) is 0.207. The zero-order valence-corrected chi connectivity index (χ0v) is 22.3. The topological polar surface area (TPSA) is 67.2 Å². The van der Waals surface area contributed by atoms with Gasteiger partial charge in [-0.05, 0) is 36.2 Å². The molecule has 0 radical (unpaired) electrons. The van der Waals surface area contributed by atoms with Gasteiger partial charge in [0.25, 0.3) is 0 Å². The van der Waals surface area contributed by atoms with Gasteiger partial charge < -0.3 is 5.32 Å². The van der Waals surface area contributed by atoms with Crippen LogP contribution >= 0.6 is 23.4 Å². The molecule has 194 valence electrons. The number of hydrogen-bond donors (Lipinski definition) is 1. The van der Waals surface area contributed by atoms with Gasteiger partial charge in [-0.3, -0.25) is 14.5 Å². The number of thioether (sulfide) groups is 1. The van der Waals surface area contributed by atoms with Crippen molar-refractivity contribution < 1.29 is 14.0 Å². The van der Waals surface area contributed by atoms with Crippen LogP contribution in [-0.4, -0.2) is 40.4 Å². The fourth-order valence-electron chi connectivity index (χ4n) is 4.48. The molecule has 0 saturated heterocycles. The largest absolute Gasteiger partial charge is 0.355 e. The monoisotopic (exact) mass is 548 g/mol. The first kappa shape index (κ1) is 26.0. The second kappa shape index (κ2) is 11.4. The lowest BCUT2D eigenvalue weighted by Crippen LogP contribution is -2.42. The number of fused-ring (bicyclic) bond motifs is 1. The van der Waals surface area contributed by atoms with E-state index in [0.717, 1.165) is 23.1 Å². The van der Waals surface area contributed by atoms with E-state index in [1.807, 2.05) is 55.5 Å². The number of aromatic nitrogens is 2. The van der Waals surface area contributed by atoms with Crippen LogP contribution in [-0.2, 0) is 9.59 Å². The van der Waals surface area contributed by atoms with Gasteiger partial charge in [0.15, 0.2) is 0 Å². The quantitative estimate of drug-likeness (QED) is 0.306. The number of anilines is 1. The van der Waals surface area contributed by atoms with Gasteiger partial charge >= 0.3 is 0 Å². The van der Waals surface area contributed by atoms with Gasteiger partial charge in [0.1, 0.15) is 18.2 Å². The highest BCUT2D eigenvalue weighted by atomic mass is 35.5. The number of carbonyl (C=O) groups is 2. The maximum absolute atomic E-state index is 13.9. The summed E-state index contributed by atoms with van der Waals surface area (Å²) in [5.41, 5.74) is 3.70. The highest BCUT2D eigenvalue weighted by Crippen LogP contribution is 2.48. The third-order valence-electron chi connectivity index (χ3n) is 6.26. The Hall–Kier alpha value is -3.62. The predicted molar refractivity (Wildman–Crippen MR) is 150 cm³/mol. The molecule has 4 aromatic rings. The van der Waals surface area contributed by atoms with Crippen molar-refractivity contribution in [2.24, 2.45) is 0 Å². The summed E-state index contributed by atoms with van der Waals surface area (Å²) in [5.74, 6) is -0.208. The molecule has 6 nitrogen and oxygen atoms in total. The Balaban J connectivity index is 1.79. The van der Waals surface area contributed by atoms with Crippen molar-refractivity contribution in [3.8, 4) is 16.9 Å². The minimum atomic E-state index is -0.343. The fourth-order valence-corrected chi connectivity index (χ4v) is 5.90. The normalized spacial score (nSPS) is 15.2. The summed E-state index contributed by atoms with van der Waals surface area (Å²) in [6.07, 6.45) is 0.781. The highest BCUT2D eigenvalue weighted by Gasteiger charge is 2.38. The summed E-state index contributed by atoms with van der Waals surface area (Å²) in [6, 6.07) is 23.2. The van der Waals surface area contributed by atoms with Crippen LogP contribution in [0.2, 0.25) is 5.02 Å². The van der Waals surface area contributed by atoms with E-state index >= 15 is 0 Å². The van der Waals surface area contributed by atoms with Crippen LogP contribution in [0.1, 0.15) is 29.7 Å². The SMILES string of the molecule is CCCNC(=O)CN1C(=O)CS[C@H](c2ccc(F)cc2)c2c(-c3ccccc3)nn(-c3ccccc3Cl)c21. The zero-order valence-electron chi connectivity index (χ0n) is 20.7. The number of rotatable bonds is 7. The van der Waals surface area contributed by atoms with Crippen molar-refractivity contribution in [3.63, 3.8) is 0 Å². The Morgan fingerprint density at radius 2 is 1.79 bits per heavy atom. The first-order valence-electron chi connectivity index (χ1n) is 12.3. The molecule has 1 aliphatic heterocycles. The Bertz CT molecular complexity index is 1460. The van der Waals surface area contributed by atoms with Crippen molar-refractivity contribution in [1.82, 2.24) is 15.1 Å². The van der Waals surface area contributed by atoms with E-state index in [-0.39, 0.29) is 35.2 Å². The van der Waals surface area contributed by atoms with E-state index < -0.39 is 0 Å². The lowest BCUT2D eigenvalue weighted by atomic mass is 9.99. The molecule has 1 aliphatic rings. The third kappa shape index (κ3) is 5.19. The lowest BCUT2D eigenvalue weighted by Gasteiger charge is -2.23. The van der Waals surface area contributed by atoms with Gasteiger partial charge in [-0.1, -0.05) is 73.1 Å². The Kier molecular flexibility index (Phi) is 7.81. The first-order chi connectivity index (χ1) is 18.5. The minimum Gasteiger partial charge on any atom is -0.355 e. The van der Waals surface area contributed by atoms with E-state index in [0.29, 0.717) is 28.8 Å². The lowest BCUT2D eigenvalue weighted by molar-refractivity contribution is -0.122. The van der Waals surface area contributed by atoms with Crippen molar-refractivity contribution in [3.05, 3.63) is 101 Å². The van der Waals surface area contributed by atoms with Gasteiger partial charge in [0, 0.05) is 17.7 Å². The number of benzene rings is 3. The number of halogens is 2. The Morgan fingerprint density at radius 3 is 2.50 bits per heavy atom. The molecular weight excluding hydrogens is 523 g/mol. The molecule has 9 heteroatoms. The summed E-state index contributed by atoms with van der Waals surface area (Å²) in [5, 5.41) is 7.99. The highest BCUT2D eigenvalue weighted by molar-refractivity contribution is 8.00. The minimum absolute atomic E-state index is 0.133. The first-order valence-corrected chi connectivity index (χ1v) is 13.8. The van der Waals surface area contributed by atoms with Crippen LogP contribution in [0.5, 0.6) is 0 Å². The molecule has 0 aliphatic carbocycles. The predicted octanol–water partition coefficient (Wildman–Crippen LogP) is 6.03. The third-order valence-corrected chi connectivity index (χ3v) is 7.84. The van der Waals surface area contributed by atoms with Crippen molar-refractivity contribution >= 4 is 41.0 Å². The van der Waals surface area contributed by atoms with E-state index in [9.17, 15) is 14.0 Å². The molecule has 38 heavy (non-hydrogen) atoms. The average molecular weight is 549 g/mol. The molecular formula is C29H26ClFN4O2S. The van der Waals surface area contributed by atoms with Gasteiger partial charge in [0.2, 0.25) is 11.8 Å². The van der Waals surface area contributed by atoms with Crippen LogP contribution in [0.4, 0.5) is 10.2 Å². The number of nitrogens with zero attached hydrogens (tertiary/aromatic N) is 3. The average Bonchev–Trinajstić information content (AvgIpc) is 3.25. The number of carbonyl (C=O) groups excluding carboxylic acids is 2. The molecule has 1 N–H and O–H groups in total. The second-order valence-electron chi connectivity index (χ2n) is 8.89. The molecule has 1 atom stereocenters. The molecule has 0 saturated carbocycles. The van der Waals surface area contributed by atoms with E-state index in [1.54, 1.807) is 22.9 Å². The molecule has 0 fully saturated rings. The summed E-state index contributed by atoms with van der Waals surface area (Å²) in [7, 11) is 0. The summed E-state index contributed by atoms with van der Waals surface area (Å²) in [4.78, 5) is 28.0. The Labute approximate surface area is 229 Å². The standard InChI is InChI=1S/C29H26ClFN4O2S/c1-2-16-32-24(36)17-34-25(37)18-38-28(20-12-14-21(31)15-13-20)26-27(19-8-4-3-5-9-19)33-35(29(26)34)23-11-7-6-10-22(23)30/h3-15,28H,2,16-18H2,1H3,(H,32,36)/t28-/m1/s1. The molecule has 2 amide bonds. The molecule has 5 rings (SSSR count). The second-order valence-corrected chi connectivity index (χ2v) is 10.4. The number of para-hydroxylation sites is 1. The van der Waals surface area contributed by atoms with Crippen molar-refractivity contribution in [2.75, 3.05) is 23.7 Å². The van der Waals surface area contributed by atoms with Crippen LogP contribution < -0.4 is 10.2 Å². The van der Waals surface area contributed by atoms with Gasteiger partial charge in [-0.2, -0.15) is 5.10 Å². The van der Waals surface area contributed by atoms with Gasteiger partial charge in [-0.25, -0.2) is 9.07 Å². The van der Waals surface area contributed by atoms with E-state index in [1.165, 1.54) is 28.8 Å². The van der Waals surface area contributed by atoms with Crippen molar-refractivity contribution in [1.29, 1.82) is 0 Å². The molecule has 2 heterocycles. The van der Waals surface area contributed by atoms with Crippen LogP contribution in [0.25, 0.3) is 16.9 Å². The molecule has 1 aromatic heterocycles. The maximum atomic E-state index is 13.9. The number of hydrogen-bond acceptors (Lipinski definition) is 4. The molecule has 0 spiro atoms. The molecule has 0 bridgehead atoms. The van der Waals surface area contributed by atoms with Crippen LogP contribution in [0.15, 0.2) is 78.9 Å². The zero-order chi connectivity index (χ0) is 26.6. The van der Waals surface area contributed by atoms with Crippen LogP contribution in [0, 0.1) is 5.82 Å². The van der Waals surface area contributed by atoms with Crippen LogP contribution in [0.3, 0.4) is 0 Å². The maximum Gasteiger partial charge on any atom is 0.240 e. The number of nitrogens with one attached hydrogen (secondary N) is 1. The van der Waals surface area contributed by atoms with Crippen molar-refractivity contribution in [2.45, 2.75) is 18.6 Å². The van der Waals surface area contributed by atoms with Gasteiger partial charge in [0.05, 0.1) is 27.4 Å². The van der Waals surface area contributed by atoms with Gasteiger partial charge in [-0.15, -0.1) is 11.8 Å². The smallest absolute Gasteiger partial charge is 0.240 e. The molecule has 0 unspecified atom stereocenters. The Morgan fingerprint density at radius 1 is 1.08 bits per heavy atom.